The first-order valence-corrected chi connectivity index (χ1v) is 10.8. The minimum Gasteiger partial charge on any atom is -0.388 e. The average molecular weight is 402 g/mol. The number of hydrogen-bond donors (Lipinski definition) is 2. The lowest BCUT2D eigenvalue weighted by Crippen LogP contribution is -2.43. The van der Waals surface area contributed by atoms with Gasteiger partial charge in [0.05, 0.1) is 37.9 Å². The third-order valence-electron chi connectivity index (χ3n) is 6.70. The van der Waals surface area contributed by atoms with Gasteiger partial charge in [0, 0.05) is 32.1 Å². The van der Waals surface area contributed by atoms with E-state index in [9.17, 15) is 9.90 Å². The molecule has 3 aliphatic heterocycles. The lowest BCUT2D eigenvalue weighted by molar-refractivity contribution is -0.138. The van der Waals surface area contributed by atoms with E-state index in [1.165, 1.54) is 11.1 Å². The van der Waals surface area contributed by atoms with E-state index in [2.05, 4.69) is 29.6 Å². The smallest absolute Gasteiger partial charge is 0.225 e. The molecule has 4 aliphatic rings. The molecule has 1 aliphatic carbocycles. The Bertz CT molecular complexity index is 713. The van der Waals surface area contributed by atoms with E-state index in [-0.39, 0.29) is 30.3 Å². The minimum absolute atomic E-state index is 0.103. The van der Waals surface area contributed by atoms with Crippen LogP contribution < -0.4 is 5.32 Å². The first-order chi connectivity index (χ1) is 14.2. The highest BCUT2D eigenvalue weighted by Gasteiger charge is 2.50. The molecule has 5 atom stereocenters. The fraction of sp³-hybridized carbons (Fsp3) is 0.682. The van der Waals surface area contributed by atoms with Crippen LogP contribution in [0, 0.1) is 0 Å². The average Bonchev–Trinajstić information content (AvgIpc) is 3.41. The van der Waals surface area contributed by atoms with E-state index in [0.717, 1.165) is 12.8 Å². The molecule has 7 heteroatoms. The van der Waals surface area contributed by atoms with Gasteiger partial charge in [-0.3, -0.25) is 4.79 Å². The number of nitrogens with one attached hydrogen (secondary N) is 1. The number of aliphatic hydroxyl groups excluding tert-OH is 1. The second-order valence-electron chi connectivity index (χ2n) is 8.64. The number of fused-ring (bicyclic) bond motifs is 2. The number of aliphatic hydroxyl groups is 1. The van der Waals surface area contributed by atoms with Crippen molar-refractivity contribution < 1.29 is 24.1 Å². The van der Waals surface area contributed by atoms with Gasteiger partial charge < -0.3 is 29.5 Å². The van der Waals surface area contributed by atoms with Gasteiger partial charge in [-0.15, -0.1) is 0 Å². The van der Waals surface area contributed by atoms with Crippen molar-refractivity contribution >= 4 is 5.91 Å². The van der Waals surface area contributed by atoms with Crippen LogP contribution in [0.4, 0.5) is 0 Å². The number of morpholine rings is 1. The number of benzene rings is 1. The Morgan fingerprint density at radius 2 is 1.86 bits per heavy atom. The van der Waals surface area contributed by atoms with Crippen molar-refractivity contribution in [1.82, 2.24) is 10.2 Å². The van der Waals surface area contributed by atoms with Gasteiger partial charge in [0.15, 0.2) is 0 Å². The molecule has 7 nitrogen and oxygen atoms in total. The number of hydrogen-bond acceptors (Lipinski definition) is 6. The molecule has 0 aromatic heterocycles. The molecule has 29 heavy (non-hydrogen) atoms. The Morgan fingerprint density at radius 1 is 1.14 bits per heavy atom. The first kappa shape index (κ1) is 19.5. The highest BCUT2D eigenvalue weighted by molar-refractivity contribution is 5.76. The summed E-state index contributed by atoms with van der Waals surface area (Å²) in [5.74, 6) is 0.103. The van der Waals surface area contributed by atoms with Crippen molar-refractivity contribution in [2.45, 2.75) is 62.2 Å². The Labute approximate surface area is 171 Å². The van der Waals surface area contributed by atoms with E-state index < -0.39 is 6.10 Å². The predicted octanol–water partition coefficient (Wildman–Crippen LogP) is 0.278. The Morgan fingerprint density at radius 3 is 2.55 bits per heavy atom. The molecule has 0 saturated carbocycles. The number of ether oxygens (including phenoxy) is 3. The van der Waals surface area contributed by atoms with Gasteiger partial charge in [0.25, 0.3) is 0 Å². The molecule has 0 unspecified atom stereocenters. The number of rotatable bonds is 5. The molecule has 3 saturated heterocycles. The number of carbonyl (C=O) groups is 1. The van der Waals surface area contributed by atoms with Crippen molar-refractivity contribution in [2.75, 3.05) is 32.8 Å². The highest BCUT2D eigenvalue weighted by Crippen LogP contribution is 2.35. The van der Waals surface area contributed by atoms with Crippen LogP contribution in [0.25, 0.3) is 0 Å². The van der Waals surface area contributed by atoms with Crippen LogP contribution in [-0.4, -0.2) is 85.3 Å². The Balaban J connectivity index is 1.08. The van der Waals surface area contributed by atoms with Crippen LogP contribution in [-0.2, 0) is 31.8 Å². The van der Waals surface area contributed by atoms with Gasteiger partial charge >= 0.3 is 0 Å². The Kier molecular flexibility index (Phi) is 5.58. The van der Waals surface area contributed by atoms with Crippen molar-refractivity contribution in [2.24, 2.45) is 0 Å². The van der Waals surface area contributed by atoms with Crippen LogP contribution in [0.1, 0.15) is 24.0 Å². The summed E-state index contributed by atoms with van der Waals surface area (Å²) in [6, 6.07) is 8.94. The van der Waals surface area contributed by atoms with E-state index >= 15 is 0 Å². The van der Waals surface area contributed by atoms with Gasteiger partial charge in [-0.05, 0) is 24.0 Å². The molecular weight excluding hydrogens is 372 g/mol. The maximum Gasteiger partial charge on any atom is 0.225 e. The second-order valence-corrected chi connectivity index (χ2v) is 8.64. The van der Waals surface area contributed by atoms with E-state index in [1.807, 2.05) is 4.90 Å². The van der Waals surface area contributed by atoms with Gasteiger partial charge in [0.1, 0.15) is 12.2 Å². The fourth-order valence-corrected chi connectivity index (χ4v) is 5.13. The highest BCUT2D eigenvalue weighted by atomic mass is 16.6. The number of nitrogens with zero attached hydrogens (tertiary/aromatic N) is 1. The maximum atomic E-state index is 12.4. The number of amides is 1. The largest absolute Gasteiger partial charge is 0.388 e. The minimum atomic E-state index is -0.653. The molecule has 2 N–H and O–H groups in total. The van der Waals surface area contributed by atoms with Crippen LogP contribution in [0.2, 0.25) is 0 Å². The van der Waals surface area contributed by atoms with Crippen LogP contribution in [0.15, 0.2) is 24.3 Å². The quantitative estimate of drug-likeness (QED) is 0.737. The third-order valence-corrected chi connectivity index (χ3v) is 6.70. The van der Waals surface area contributed by atoms with Crippen molar-refractivity contribution in [1.29, 1.82) is 0 Å². The van der Waals surface area contributed by atoms with E-state index in [0.29, 0.717) is 51.7 Å². The van der Waals surface area contributed by atoms with E-state index in [4.69, 9.17) is 14.2 Å². The molecule has 0 radical (unpaired) electrons. The van der Waals surface area contributed by atoms with Crippen molar-refractivity contribution in [3.63, 3.8) is 0 Å². The lowest BCUT2D eigenvalue weighted by atomic mass is 10.1. The Hall–Kier alpha value is -1.51. The molecule has 3 fully saturated rings. The zero-order valence-corrected chi connectivity index (χ0v) is 16.7. The first-order valence-electron chi connectivity index (χ1n) is 10.8. The molecule has 158 valence electrons. The summed E-state index contributed by atoms with van der Waals surface area (Å²) in [6.07, 6.45) is 1.53. The molecule has 1 aromatic rings. The van der Waals surface area contributed by atoms with Gasteiger partial charge in [-0.25, -0.2) is 0 Å². The maximum absolute atomic E-state index is 12.4. The van der Waals surface area contributed by atoms with Gasteiger partial charge in [-0.2, -0.15) is 0 Å². The lowest BCUT2D eigenvalue weighted by Gasteiger charge is -2.28. The molecule has 0 spiro atoms. The molecule has 3 heterocycles. The topological polar surface area (TPSA) is 80.3 Å². The predicted molar refractivity (Wildman–Crippen MR) is 106 cm³/mol. The molecule has 5 rings (SSSR count). The molecular formula is C22H30N2O5. The summed E-state index contributed by atoms with van der Waals surface area (Å²) >= 11 is 0. The zero-order valence-electron chi connectivity index (χ0n) is 16.7. The summed E-state index contributed by atoms with van der Waals surface area (Å²) in [5, 5.41) is 14.3. The SMILES string of the molecule is O=C(C[C@@H]1C[C@H]2O[C@H](CNC3Cc4ccccc4C3)[C@@H](O)[C@H]2O1)N1CCOCC1. The van der Waals surface area contributed by atoms with Crippen LogP contribution in [0.5, 0.6) is 0 Å². The summed E-state index contributed by atoms with van der Waals surface area (Å²) < 4.78 is 17.4. The summed E-state index contributed by atoms with van der Waals surface area (Å²) in [5.41, 5.74) is 2.82. The fourth-order valence-electron chi connectivity index (χ4n) is 5.13. The second kappa shape index (κ2) is 8.32. The zero-order chi connectivity index (χ0) is 19.8. The van der Waals surface area contributed by atoms with Crippen LogP contribution in [0.3, 0.4) is 0 Å². The third kappa shape index (κ3) is 4.07. The van der Waals surface area contributed by atoms with Crippen molar-refractivity contribution in [3.05, 3.63) is 35.4 Å². The summed E-state index contributed by atoms with van der Waals surface area (Å²) in [6.45, 7) is 3.12. The number of carbonyl (C=O) groups excluding carboxylic acids is 1. The monoisotopic (exact) mass is 402 g/mol. The molecule has 1 amide bonds. The normalized spacial score (nSPS) is 34.4. The van der Waals surface area contributed by atoms with Gasteiger partial charge in [-0.1, -0.05) is 24.3 Å². The standard InChI is InChI=1S/C22H30N2O5/c25-20(24-5-7-27-8-6-24)12-17-11-18-22(28-17)21(26)19(29-18)13-23-16-9-14-3-1-2-4-15(14)10-16/h1-4,16-19,21-23,26H,5-13H2/t17-,18+,19+,21+,22-/m0/s1. The van der Waals surface area contributed by atoms with Crippen molar-refractivity contribution in [3.8, 4) is 0 Å². The summed E-state index contributed by atoms with van der Waals surface area (Å²) in [7, 11) is 0. The van der Waals surface area contributed by atoms with E-state index in [1.54, 1.807) is 0 Å². The van der Waals surface area contributed by atoms with Gasteiger partial charge in [0.2, 0.25) is 5.91 Å². The van der Waals surface area contributed by atoms with Crippen LogP contribution >= 0.6 is 0 Å². The molecule has 1 aromatic carbocycles. The summed E-state index contributed by atoms with van der Waals surface area (Å²) in [4.78, 5) is 14.3. The molecule has 0 bridgehead atoms.